The van der Waals surface area contributed by atoms with Crippen molar-refractivity contribution in [2.45, 2.75) is 52.1 Å². The third kappa shape index (κ3) is 5.90. The minimum atomic E-state index is -0.424. The highest BCUT2D eigenvalue weighted by Crippen LogP contribution is 2.22. The summed E-state index contributed by atoms with van der Waals surface area (Å²) in [6.45, 7) is 10.6. The fraction of sp³-hybridized carbons (Fsp3) is 0.733. The molecule has 1 saturated heterocycles. The first-order valence-corrected chi connectivity index (χ1v) is 6.95. The van der Waals surface area contributed by atoms with E-state index in [0.717, 1.165) is 25.8 Å². The zero-order valence-corrected chi connectivity index (χ0v) is 12.3. The Hall–Kier alpha value is -1.32. The summed E-state index contributed by atoms with van der Waals surface area (Å²) in [5, 5.41) is 0. The van der Waals surface area contributed by atoms with E-state index in [0.29, 0.717) is 18.9 Å². The van der Waals surface area contributed by atoms with Crippen molar-refractivity contribution in [3.63, 3.8) is 0 Å². The highest BCUT2D eigenvalue weighted by Gasteiger charge is 2.23. The predicted molar refractivity (Wildman–Crippen MR) is 74.6 cm³/mol. The summed E-state index contributed by atoms with van der Waals surface area (Å²) in [4.78, 5) is 25.2. The van der Waals surface area contributed by atoms with Gasteiger partial charge in [0.2, 0.25) is 5.91 Å². The number of hydrogen-bond donors (Lipinski definition) is 0. The van der Waals surface area contributed by atoms with Crippen molar-refractivity contribution in [3.05, 3.63) is 12.7 Å². The molecule has 1 aliphatic heterocycles. The van der Waals surface area contributed by atoms with Crippen molar-refractivity contribution in [2.75, 3.05) is 13.1 Å². The van der Waals surface area contributed by atoms with Crippen LogP contribution in [-0.4, -0.2) is 35.5 Å². The van der Waals surface area contributed by atoms with E-state index in [2.05, 4.69) is 6.58 Å². The molecule has 0 aromatic heterocycles. The van der Waals surface area contributed by atoms with Crippen LogP contribution in [0.1, 0.15) is 46.5 Å². The fourth-order valence-electron chi connectivity index (χ4n) is 2.34. The van der Waals surface area contributed by atoms with Gasteiger partial charge in [-0.1, -0.05) is 6.58 Å². The van der Waals surface area contributed by atoms with E-state index in [1.807, 2.05) is 25.7 Å². The third-order valence-corrected chi connectivity index (χ3v) is 3.21. The van der Waals surface area contributed by atoms with E-state index in [1.54, 1.807) is 0 Å². The Labute approximate surface area is 115 Å². The number of carbonyl (C=O) groups is 2. The second-order valence-corrected chi connectivity index (χ2v) is 6.12. The zero-order chi connectivity index (χ0) is 14.5. The highest BCUT2D eigenvalue weighted by atomic mass is 16.6. The van der Waals surface area contributed by atoms with Crippen molar-refractivity contribution in [1.29, 1.82) is 0 Å². The number of nitrogens with zero attached hydrogens (tertiary/aromatic N) is 1. The Morgan fingerprint density at radius 3 is 2.58 bits per heavy atom. The molecule has 0 aromatic rings. The Morgan fingerprint density at radius 2 is 2.00 bits per heavy atom. The number of carbonyl (C=O) groups excluding carboxylic acids is 2. The van der Waals surface area contributed by atoms with Gasteiger partial charge in [-0.25, -0.2) is 0 Å². The normalized spacial score (nSPS) is 20.6. The molecule has 1 heterocycles. The monoisotopic (exact) mass is 267 g/mol. The SMILES string of the molecule is C=CC(=O)N1CCC[C@H](CC(=O)OC(C)(C)C)CC1. The molecule has 0 spiro atoms. The van der Waals surface area contributed by atoms with E-state index >= 15 is 0 Å². The van der Waals surface area contributed by atoms with E-state index in [1.165, 1.54) is 6.08 Å². The fourth-order valence-corrected chi connectivity index (χ4v) is 2.34. The molecule has 0 aliphatic carbocycles. The van der Waals surface area contributed by atoms with Crippen molar-refractivity contribution in [3.8, 4) is 0 Å². The topological polar surface area (TPSA) is 46.6 Å². The van der Waals surface area contributed by atoms with Gasteiger partial charge in [0, 0.05) is 19.5 Å². The lowest BCUT2D eigenvalue weighted by atomic mass is 9.97. The molecule has 1 rings (SSSR count). The summed E-state index contributed by atoms with van der Waals surface area (Å²) in [5.74, 6) is 0.163. The average Bonchev–Trinajstić information content (AvgIpc) is 2.51. The van der Waals surface area contributed by atoms with Crippen LogP contribution in [0.3, 0.4) is 0 Å². The number of ether oxygens (including phenoxy) is 1. The molecule has 4 nitrogen and oxygen atoms in total. The molecule has 4 heteroatoms. The summed E-state index contributed by atoms with van der Waals surface area (Å²) in [6, 6.07) is 0. The van der Waals surface area contributed by atoms with Gasteiger partial charge in [-0.2, -0.15) is 0 Å². The Balaban J connectivity index is 2.43. The second kappa shape index (κ2) is 6.73. The second-order valence-electron chi connectivity index (χ2n) is 6.12. The molecule has 1 amide bonds. The summed E-state index contributed by atoms with van der Waals surface area (Å²) in [6.07, 6.45) is 4.58. The van der Waals surface area contributed by atoms with Crippen molar-refractivity contribution < 1.29 is 14.3 Å². The van der Waals surface area contributed by atoms with Crippen LogP contribution >= 0.6 is 0 Å². The molecular formula is C15H25NO3. The molecule has 0 N–H and O–H groups in total. The maximum Gasteiger partial charge on any atom is 0.306 e. The maximum absolute atomic E-state index is 11.8. The number of esters is 1. The number of rotatable bonds is 3. The Bertz CT molecular complexity index is 344. The van der Waals surface area contributed by atoms with E-state index in [4.69, 9.17) is 4.74 Å². The highest BCUT2D eigenvalue weighted by molar-refractivity contribution is 5.87. The van der Waals surface area contributed by atoms with Crippen molar-refractivity contribution in [2.24, 2.45) is 5.92 Å². The smallest absolute Gasteiger partial charge is 0.306 e. The first kappa shape index (κ1) is 15.7. The van der Waals surface area contributed by atoms with Gasteiger partial charge >= 0.3 is 5.97 Å². The van der Waals surface area contributed by atoms with Gasteiger partial charge in [0.25, 0.3) is 0 Å². The van der Waals surface area contributed by atoms with Crippen molar-refractivity contribution in [1.82, 2.24) is 4.90 Å². The summed E-state index contributed by atoms with van der Waals surface area (Å²) < 4.78 is 5.34. The average molecular weight is 267 g/mol. The summed E-state index contributed by atoms with van der Waals surface area (Å²) >= 11 is 0. The largest absolute Gasteiger partial charge is 0.460 e. The maximum atomic E-state index is 11.8. The molecule has 0 radical (unpaired) electrons. The minimum absolute atomic E-state index is 0.0158. The standard InChI is InChI=1S/C15H25NO3/c1-5-13(17)16-9-6-7-12(8-10-16)11-14(18)19-15(2,3)4/h5,12H,1,6-11H2,2-4H3/t12-/m0/s1. The molecular weight excluding hydrogens is 242 g/mol. The minimum Gasteiger partial charge on any atom is -0.460 e. The molecule has 0 unspecified atom stereocenters. The Morgan fingerprint density at radius 1 is 1.32 bits per heavy atom. The van der Waals surface area contributed by atoms with Crippen LogP contribution in [0.25, 0.3) is 0 Å². The van der Waals surface area contributed by atoms with Gasteiger partial charge in [-0.3, -0.25) is 9.59 Å². The lowest BCUT2D eigenvalue weighted by Gasteiger charge is -2.22. The van der Waals surface area contributed by atoms with Crippen LogP contribution < -0.4 is 0 Å². The Kier molecular flexibility index (Phi) is 5.58. The van der Waals surface area contributed by atoms with Gasteiger partial charge in [-0.05, 0) is 52.0 Å². The van der Waals surface area contributed by atoms with E-state index in [-0.39, 0.29) is 11.9 Å². The number of hydrogen-bond acceptors (Lipinski definition) is 3. The molecule has 1 atom stereocenters. The molecule has 108 valence electrons. The molecule has 0 saturated carbocycles. The quantitative estimate of drug-likeness (QED) is 0.583. The van der Waals surface area contributed by atoms with Crippen LogP contribution in [0.5, 0.6) is 0 Å². The first-order chi connectivity index (χ1) is 8.81. The summed E-state index contributed by atoms with van der Waals surface area (Å²) in [7, 11) is 0. The number of amides is 1. The van der Waals surface area contributed by atoms with E-state index < -0.39 is 5.60 Å². The van der Waals surface area contributed by atoms with Gasteiger partial charge < -0.3 is 9.64 Å². The zero-order valence-electron chi connectivity index (χ0n) is 12.3. The predicted octanol–water partition coefficient (Wildman–Crippen LogP) is 2.53. The summed E-state index contributed by atoms with van der Waals surface area (Å²) in [5.41, 5.74) is -0.424. The third-order valence-electron chi connectivity index (χ3n) is 3.21. The van der Waals surface area contributed by atoms with Crippen LogP contribution in [0.15, 0.2) is 12.7 Å². The van der Waals surface area contributed by atoms with Gasteiger partial charge in [0.15, 0.2) is 0 Å². The number of likely N-dealkylation sites (tertiary alicyclic amines) is 1. The van der Waals surface area contributed by atoms with Crippen LogP contribution in [0.4, 0.5) is 0 Å². The molecule has 19 heavy (non-hydrogen) atoms. The molecule has 1 aliphatic rings. The van der Waals surface area contributed by atoms with Crippen LogP contribution in [-0.2, 0) is 14.3 Å². The van der Waals surface area contributed by atoms with Crippen molar-refractivity contribution >= 4 is 11.9 Å². The van der Waals surface area contributed by atoms with Crippen LogP contribution in [0.2, 0.25) is 0 Å². The van der Waals surface area contributed by atoms with Gasteiger partial charge in [0.05, 0.1) is 0 Å². The lowest BCUT2D eigenvalue weighted by Crippen LogP contribution is -2.30. The molecule has 0 aromatic carbocycles. The first-order valence-electron chi connectivity index (χ1n) is 6.95. The van der Waals surface area contributed by atoms with Gasteiger partial charge in [-0.15, -0.1) is 0 Å². The van der Waals surface area contributed by atoms with Crippen LogP contribution in [0, 0.1) is 5.92 Å². The van der Waals surface area contributed by atoms with E-state index in [9.17, 15) is 9.59 Å². The molecule has 0 bridgehead atoms. The van der Waals surface area contributed by atoms with Gasteiger partial charge in [0.1, 0.15) is 5.60 Å². The lowest BCUT2D eigenvalue weighted by molar-refractivity contribution is -0.156. The molecule has 1 fully saturated rings.